The number of amides is 1. The molecule has 0 aliphatic carbocycles. The molecule has 1 atom stereocenters. The third kappa shape index (κ3) is 8.30. The van der Waals surface area contributed by atoms with Crippen molar-refractivity contribution in [3.63, 3.8) is 0 Å². The molecule has 1 heterocycles. The first kappa shape index (κ1) is 26.0. The minimum atomic E-state index is 0.0381. The third-order valence-corrected chi connectivity index (χ3v) is 5.81. The maximum absolute atomic E-state index is 12.2. The number of nitrogens with zero attached hydrogens (tertiary/aromatic N) is 3. The van der Waals surface area contributed by atoms with Gasteiger partial charge in [-0.25, -0.2) is 4.98 Å². The van der Waals surface area contributed by atoms with Crippen molar-refractivity contribution in [3.05, 3.63) is 78.4 Å². The molecule has 7 nitrogen and oxygen atoms in total. The van der Waals surface area contributed by atoms with Crippen molar-refractivity contribution in [1.82, 2.24) is 19.8 Å². The molecule has 1 N–H and O–H groups in total. The van der Waals surface area contributed by atoms with E-state index in [1.165, 1.54) is 5.56 Å². The molecule has 0 saturated heterocycles. The largest absolute Gasteiger partial charge is 0.493 e. The summed E-state index contributed by atoms with van der Waals surface area (Å²) in [7, 11) is 5.41. The average molecular weight is 477 g/mol. The van der Waals surface area contributed by atoms with Gasteiger partial charge in [-0.2, -0.15) is 0 Å². The molecule has 35 heavy (non-hydrogen) atoms. The number of nitrogens with one attached hydrogen (secondary N) is 1. The van der Waals surface area contributed by atoms with E-state index in [1.807, 2.05) is 59.3 Å². The summed E-state index contributed by atoms with van der Waals surface area (Å²) in [5.41, 5.74) is 3.32. The molecule has 1 amide bonds. The van der Waals surface area contributed by atoms with E-state index in [9.17, 15) is 4.79 Å². The molecule has 0 bridgehead atoms. The van der Waals surface area contributed by atoms with Crippen LogP contribution in [0.1, 0.15) is 24.5 Å². The minimum Gasteiger partial charge on any atom is -0.493 e. The number of imidazole rings is 1. The van der Waals surface area contributed by atoms with E-state index in [0.29, 0.717) is 18.9 Å². The lowest BCUT2D eigenvalue weighted by Gasteiger charge is -2.21. The highest BCUT2D eigenvalue weighted by Gasteiger charge is 2.10. The average Bonchev–Trinajstić information content (AvgIpc) is 3.41. The number of ether oxygens (including phenoxy) is 2. The second-order valence-corrected chi connectivity index (χ2v) is 8.78. The Morgan fingerprint density at radius 1 is 1.14 bits per heavy atom. The number of carbonyl (C=O) groups is 1. The van der Waals surface area contributed by atoms with Crippen LogP contribution >= 0.6 is 0 Å². The van der Waals surface area contributed by atoms with Crippen LogP contribution in [0.2, 0.25) is 0 Å². The number of aromatic nitrogens is 2. The van der Waals surface area contributed by atoms with Gasteiger partial charge in [0.25, 0.3) is 0 Å². The van der Waals surface area contributed by atoms with Crippen LogP contribution in [0.4, 0.5) is 0 Å². The molecule has 1 aromatic heterocycles. The zero-order valence-electron chi connectivity index (χ0n) is 21.1. The number of benzene rings is 2. The van der Waals surface area contributed by atoms with Gasteiger partial charge in [-0.3, -0.25) is 4.79 Å². The van der Waals surface area contributed by atoms with Gasteiger partial charge in [-0.15, -0.1) is 0 Å². The summed E-state index contributed by atoms with van der Waals surface area (Å²) in [5, 5.41) is 3.05. The molecule has 186 valence electrons. The molecule has 3 aromatic rings. The van der Waals surface area contributed by atoms with Gasteiger partial charge in [0.05, 0.1) is 20.5 Å². The van der Waals surface area contributed by atoms with Crippen molar-refractivity contribution in [1.29, 1.82) is 0 Å². The van der Waals surface area contributed by atoms with Gasteiger partial charge < -0.3 is 24.3 Å². The lowest BCUT2D eigenvalue weighted by atomic mass is 10.1. The summed E-state index contributed by atoms with van der Waals surface area (Å²) in [4.78, 5) is 18.6. The van der Waals surface area contributed by atoms with Crippen molar-refractivity contribution < 1.29 is 14.3 Å². The van der Waals surface area contributed by atoms with Crippen LogP contribution in [0, 0.1) is 5.92 Å². The van der Waals surface area contributed by atoms with Crippen molar-refractivity contribution in [2.75, 3.05) is 40.9 Å². The SMILES string of the molecule is COc1ccc(CCN(C)CC(C)CNC(=O)CC=Cc2ccc(-n3ccnc3)cc2)cc1OC. The lowest BCUT2D eigenvalue weighted by molar-refractivity contribution is -0.120. The standard InChI is InChI=1S/C28H36N4O3/c1-22(20-31(2)16-14-24-10-13-26(34-3)27(18-24)35-4)19-30-28(33)7-5-6-23-8-11-25(12-9-23)32-17-15-29-21-32/h5-6,8-13,15,17-18,21-22H,7,14,16,19-20H2,1-4H3,(H,30,33). The molecular weight excluding hydrogens is 440 g/mol. The van der Waals surface area contributed by atoms with Gasteiger partial charge in [0, 0.05) is 44.1 Å². The Bertz CT molecular complexity index is 1080. The highest BCUT2D eigenvalue weighted by molar-refractivity contribution is 5.78. The highest BCUT2D eigenvalue weighted by Crippen LogP contribution is 2.27. The first-order chi connectivity index (χ1) is 17.0. The molecule has 0 aliphatic rings. The molecule has 0 saturated carbocycles. The van der Waals surface area contributed by atoms with E-state index in [2.05, 4.69) is 35.2 Å². The zero-order chi connectivity index (χ0) is 25.0. The first-order valence-corrected chi connectivity index (χ1v) is 11.9. The molecule has 1 unspecified atom stereocenters. The summed E-state index contributed by atoms with van der Waals surface area (Å²) in [6.07, 6.45) is 10.6. The van der Waals surface area contributed by atoms with E-state index >= 15 is 0 Å². The quantitative estimate of drug-likeness (QED) is 0.400. The summed E-state index contributed by atoms with van der Waals surface area (Å²) >= 11 is 0. The molecule has 2 aromatic carbocycles. The highest BCUT2D eigenvalue weighted by atomic mass is 16.5. The topological polar surface area (TPSA) is 68.6 Å². The van der Waals surface area contributed by atoms with Crippen LogP contribution in [0.15, 0.2) is 67.3 Å². The third-order valence-electron chi connectivity index (χ3n) is 5.81. The van der Waals surface area contributed by atoms with E-state index in [4.69, 9.17) is 9.47 Å². The number of hydrogen-bond donors (Lipinski definition) is 1. The fourth-order valence-corrected chi connectivity index (χ4v) is 3.88. The predicted molar refractivity (Wildman–Crippen MR) is 140 cm³/mol. The zero-order valence-corrected chi connectivity index (χ0v) is 21.1. The fraction of sp³-hybridized carbons (Fsp3) is 0.357. The molecule has 3 rings (SSSR count). The predicted octanol–water partition coefficient (Wildman–Crippen LogP) is 4.22. The maximum atomic E-state index is 12.2. The summed E-state index contributed by atoms with van der Waals surface area (Å²) in [6.45, 7) is 4.65. The monoisotopic (exact) mass is 476 g/mol. The van der Waals surface area contributed by atoms with Crippen molar-refractivity contribution in [2.24, 2.45) is 5.92 Å². The van der Waals surface area contributed by atoms with Crippen LogP contribution in [0.5, 0.6) is 11.5 Å². The summed E-state index contributed by atoms with van der Waals surface area (Å²) < 4.78 is 12.6. The van der Waals surface area contributed by atoms with Crippen LogP contribution in [0.3, 0.4) is 0 Å². The van der Waals surface area contributed by atoms with Gasteiger partial charge in [-0.05, 0) is 54.8 Å². The summed E-state index contributed by atoms with van der Waals surface area (Å²) in [5.74, 6) is 1.89. The number of likely N-dealkylation sites (N-methyl/N-ethyl adjacent to an activating group) is 1. The van der Waals surface area contributed by atoms with Crippen LogP contribution < -0.4 is 14.8 Å². The molecule has 0 aliphatic heterocycles. The Labute approximate surface area is 208 Å². The van der Waals surface area contributed by atoms with Crippen LogP contribution in [-0.2, 0) is 11.2 Å². The van der Waals surface area contributed by atoms with Crippen LogP contribution in [-0.4, -0.2) is 61.3 Å². The smallest absolute Gasteiger partial charge is 0.223 e. The Morgan fingerprint density at radius 3 is 2.60 bits per heavy atom. The number of rotatable bonds is 13. The van der Waals surface area contributed by atoms with Crippen molar-refractivity contribution in [3.8, 4) is 17.2 Å². The molecule has 0 radical (unpaired) electrons. The molecule has 7 heteroatoms. The Hall–Kier alpha value is -3.58. The van der Waals surface area contributed by atoms with Crippen molar-refractivity contribution >= 4 is 12.0 Å². The van der Waals surface area contributed by atoms with Crippen molar-refractivity contribution in [2.45, 2.75) is 19.8 Å². The van der Waals surface area contributed by atoms with Gasteiger partial charge in [0.2, 0.25) is 5.91 Å². The Morgan fingerprint density at radius 2 is 1.91 bits per heavy atom. The number of hydrogen-bond acceptors (Lipinski definition) is 5. The molecular formula is C28H36N4O3. The van der Waals surface area contributed by atoms with E-state index in [-0.39, 0.29) is 5.91 Å². The maximum Gasteiger partial charge on any atom is 0.223 e. The fourth-order valence-electron chi connectivity index (χ4n) is 3.88. The number of methoxy groups -OCH3 is 2. The van der Waals surface area contributed by atoms with Gasteiger partial charge in [0.15, 0.2) is 11.5 Å². The Kier molecular flexibility index (Phi) is 9.93. The van der Waals surface area contributed by atoms with E-state index < -0.39 is 0 Å². The number of carbonyl (C=O) groups excluding carboxylic acids is 1. The second kappa shape index (κ2) is 13.3. The van der Waals surface area contributed by atoms with E-state index in [1.54, 1.807) is 26.7 Å². The normalized spacial score (nSPS) is 12.1. The van der Waals surface area contributed by atoms with Gasteiger partial charge >= 0.3 is 0 Å². The minimum absolute atomic E-state index is 0.0381. The second-order valence-electron chi connectivity index (χ2n) is 8.78. The van der Waals surface area contributed by atoms with Gasteiger partial charge in [0.1, 0.15) is 0 Å². The van der Waals surface area contributed by atoms with Crippen LogP contribution in [0.25, 0.3) is 11.8 Å². The first-order valence-electron chi connectivity index (χ1n) is 11.9. The molecule has 0 spiro atoms. The Balaban J connectivity index is 1.34. The lowest BCUT2D eigenvalue weighted by Crippen LogP contribution is -2.34. The van der Waals surface area contributed by atoms with E-state index in [0.717, 1.165) is 42.3 Å². The van der Waals surface area contributed by atoms with Gasteiger partial charge in [-0.1, -0.05) is 37.3 Å². The molecule has 0 fully saturated rings. The summed E-state index contributed by atoms with van der Waals surface area (Å²) in [6, 6.07) is 14.2.